The van der Waals surface area contributed by atoms with Gasteiger partial charge in [0.1, 0.15) is 11.1 Å². The fraction of sp³-hybridized carbons (Fsp3) is 0.316. The molecule has 0 aliphatic carbocycles. The summed E-state index contributed by atoms with van der Waals surface area (Å²) < 4.78 is 39.6. The summed E-state index contributed by atoms with van der Waals surface area (Å²) in [6.45, 7) is 3.36. The van der Waals surface area contributed by atoms with E-state index in [0.717, 1.165) is 35.5 Å². The van der Waals surface area contributed by atoms with Gasteiger partial charge in [0.2, 0.25) is 5.91 Å². The van der Waals surface area contributed by atoms with E-state index in [1.54, 1.807) is 11.0 Å². The van der Waals surface area contributed by atoms with Crippen LogP contribution in [0.15, 0.2) is 35.4 Å². The van der Waals surface area contributed by atoms with Crippen LogP contribution in [0.2, 0.25) is 0 Å². The second-order valence-corrected chi connectivity index (χ2v) is 7.30. The number of hydrogen-bond acceptors (Lipinski definition) is 4. The highest BCUT2D eigenvalue weighted by atomic mass is 32.2. The van der Waals surface area contributed by atoms with Crippen LogP contribution in [0, 0.1) is 18.3 Å². The number of alkyl halides is 3. The van der Waals surface area contributed by atoms with Crippen LogP contribution in [0.3, 0.4) is 0 Å². The van der Waals surface area contributed by atoms with Crippen LogP contribution in [-0.2, 0) is 17.4 Å². The molecule has 27 heavy (non-hydrogen) atoms. The van der Waals surface area contributed by atoms with Crippen molar-refractivity contribution in [2.75, 3.05) is 10.7 Å². The topological polar surface area (TPSA) is 57.0 Å². The van der Waals surface area contributed by atoms with Gasteiger partial charge in [-0.25, -0.2) is 4.98 Å². The Labute approximate surface area is 159 Å². The molecule has 1 aliphatic heterocycles. The predicted molar refractivity (Wildman–Crippen MR) is 96.5 cm³/mol. The zero-order valence-electron chi connectivity index (χ0n) is 14.7. The maximum atomic E-state index is 13.2. The number of thioether (sulfide) groups is 1. The van der Waals surface area contributed by atoms with Gasteiger partial charge >= 0.3 is 6.18 Å². The Balaban J connectivity index is 1.85. The lowest BCUT2D eigenvalue weighted by Gasteiger charge is -2.22. The second kappa shape index (κ2) is 7.24. The third kappa shape index (κ3) is 3.78. The Morgan fingerprint density at radius 2 is 2.11 bits per heavy atom. The van der Waals surface area contributed by atoms with Crippen LogP contribution in [0.5, 0.6) is 0 Å². The molecule has 3 rings (SSSR count). The molecule has 2 aromatic rings. The quantitative estimate of drug-likeness (QED) is 0.730. The number of benzene rings is 1. The maximum Gasteiger partial charge on any atom is 0.417 e. The first-order chi connectivity index (χ1) is 12.7. The number of carbonyl (C=O) groups is 1. The van der Waals surface area contributed by atoms with Gasteiger partial charge in [0.15, 0.2) is 0 Å². The fourth-order valence-electron chi connectivity index (χ4n) is 3.23. The van der Waals surface area contributed by atoms with Gasteiger partial charge in [-0.15, -0.1) is 0 Å². The van der Waals surface area contributed by atoms with Gasteiger partial charge in [-0.3, -0.25) is 4.79 Å². The highest BCUT2D eigenvalue weighted by Crippen LogP contribution is 2.37. The lowest BCUT2D eigenvalue weighted by Crippen LogP contribution is -2.37. The zero-order valence-corrected chi connectivity index (χ0v) is 15.5. The van der Waals surface area contributed by atoms with Crippen LogP contribution in [0.25, 0.3) is 0 Å². The molecule has 8 heteroatoms. The number of aryl methyl sites for hydroxylation is 1. The Bertz CT molecular complexity index is 937. The normalized spacial score (nSPS) is 16.1. The summed E-state index contributed by atoms with van der Waals surface area (Å²) in [6.07, 6.45) is -3.92. The van der Waals surface area contributed by atoms with Crippen LogP contribution in [0.4, 0.5) is 18.9 Å². The van der Waals surface area contributed by atoms with Crippen molar-refractivity contribution in [1.82, 2.24) is 4.98 Å². The molecule has 1 aromatic carbocycles. The van der Waals surface area contributed by atoms with Gasteiger partial charge in [0, 0.05) is 17.4 Å². The van der Waals surface area contributed by atoms with Gasteiger partial charge in [-0.2, -0.15) is 18.4 Å². The Morgan fingerprint density at radius 3 is 2.78 bits per heavy atom. The number of pyridine rings is 1. The monoisotopic (exact) mass is 391 g/mol. The van der Waals surface area contributed by atoms with E-state index in [4.69, 9.17) is 0 Å². The molecule has 1 aliphatic rings. The minimum atomic E-state index is -4.65. The molecular formula is C19H16F3N3OS. The molecule has 0 radical (unpaired) electrons. The third-order valence-electron chi connectivity index (χ3n) is 4.34. The summed E-state index contributed by atoms with van der Waals surface area (Å²) in [5.74, 6) is -0.320. The van der Waals surface area contributed by atoms with Gasteiger partial charge in [0.25, 0.3) is 0 Å². The van der Waals surface area contributed by atoms with Crippen molar-refractivity contribution in [3.63, 3.8) is 0 Å². The average molecular weight is 391 g/mol. The molecule has 4 nitrogen and oxygen atoms in total. The van der Waals surface area contributed by atoms with E-state index in [0.29, 0.717) is 0 Å². The van der Waals surface area contributed by atoms with Crippen molar-refractivity contribution in [2.45, 2.75) is 37.5 Å². The predicted octanol–water partition coefficient (Wildman–Crippen LogP) is 4.35. The zero-order chi connectivity index (χ0) is 19.8. The fourth-order valence-corrected chi connectivity index (χ4v) is 4.13. The number of hydrogen-bond donors (Lipinski definition) is 0. The van der Waals surface area contributed by atoms with Crippen molar-refractivity contribution in [3.05, 3.63) is 52.7 Å². The number of amides is 1. The number of fused-ring (bicyclic) bond motifs is 1. The molecule has 2 heterocycles. The van der Waals surface area contributed by atoms with Crippen LogP contribution < -0.4 is 4.90 Å². The van der Waals surface area contributed by atoms with Gasteiger partial charge in [-0.1, -0.05) is 30.0 Å². The number of rotatable bonds is 3. The minimum Gasteiger partial charge on any atom is -0.308 e. The van der Waals surface area contributed by atoms with Crippen LogP contribution in [0.1, 0.15) is 29.3 Å². The summed E-state index contributed by atoms with van der Waals surface area (Å²) in [6, 6.07) is 9.97. The first-order valence-electron chi connectivity index (χ1n) is 8.24. The molecular weight excluding hydrogens is 375 g/mol. The van der Waals surface area contributed by atoms with Gasteiger partial charge in [0.05, 0.1) is 16.9 Å². The smallest absolute Gasteiger partial charge is 0.308 e. The highest BCUT2D eigenvalue weighted by molar-refractivity contribution is 8.00. The van der Waals surface area contributed by atoms with E-state index in [-0.39, 0.29) is 28.4 Å². The molecule has 0 bridgehead atoms. The SMILES string of the molecule is Cc1cc(C(F)(F)F)c(C#N)c(SCC(=O)N2c3ccccc3CC2C)n1. The number of carbonyl (C=O) groups excluding carboxylic acids is 1. The first kappa shape index (κ1) is 19.2. The minimum absolute atomic E-state index is 0.0258. The van der Waals surface area contributed by atoms with Crippen molar-refractivity contribution < 1.29 is 18.0 Å². The summed E-state index contributed by atoms with van der Waals surface area (Å²) >= 11 is 0.863. The summed E-state index contributed by atoms with van der Waals surface area (Å²) in [7, 11) is 0. The molecule has 0 saturated heterocycles. The number of para-hydroxylation sites is 1. The number of nitrogens with zero attached hydrogens (tertiary/aromatic N) is 3. The van der Waals surface area contributed by atoms with Crippen molar-refractivity contribution in [2.24, 2.45) is 0 Å². The number of nitriles is 1. The molecule has 0 saturated carbocycles. The maximum absolute atomic E-state index is 13.2. The molecule has 1 aromatic heterocycles. The molecule has 1 amide bonds. The van der Waals surface area contributed by atoms with Gasteiger partial charge < -0.3 is 4.90 Å². The van der Waals surface area contributed by atoms with Crippen molar-refractivity contribution >= 4 is 23.4 Å². The summed E-state index contributed by atoms with van der Waals surface area (Å²) in [5, 5.41) is 9.13. The van der Waals surface area contributed by atoms with E-state index in [1.165, 1.54) is 6.92 Å². The Kier molecular flexibility index (Phi) is 5.16. The van der Waals surface area contributed by atoms with Crippen molar-refractivity contribution in [3.8, 4) is 6.07 Å². The second-order valence-electron chi connectivity index (χ2n) is 6.34. The van der Waals surface area contributed by atoms with Crippen LogP contribution >= 0.6 is 11.8 Å². The lowest BCUT2D eigenvalue weighted by atomic mass is 10.1. The van der Waals surface area contributed by atoms with E-state index < -0.39 is 17.3 Å². The number of aromatic nitrogens is 1. The average Bonchev–Trinajstić information content (AvgIpc) is 2.94. The van der Waals surface area contributed by atoms with Crippen molar-refractivity contribution in [1.29, 1.82) is 5.26 Å². The van der Waals surface area contributed by atoms with E-state index in [9.17, 15) is 23.2 Å². The van der Waals surface area contributed by atoms with E-state index >= 15 is 0 Å². The van der Waals surface area contributed by atoms with E-state index in [1.807, 2.05) is 31.2 Å². The number of anilines is 1. The largest absolute Gasteiger partial charge is 0.417 e. The Morgan fingerprint density at radius 1 is 1.41 bits per heavy atom. The molecule has 0 spiro atoms. The summed E-state index contributed by atoms with van der Waals surface area (Å²) in [4.78, 5) is 18.4. The molecule has 0 N–H and O–H groups in total. The lowest BCUT2D eigenvalue weighted by molar-refractivity contribution is -0.138. The molecule has 1 atom stereocenters. The van der Waals surface area contributed by atoms with E-state index in [2.05, 4.69) is 4.98 Å². The summed E-state index contributed by atoms with van der Waals surface area (Å²) in [5.41, 5.74) is 0.475. The number of halogens is 3. The molecule has 140 valence electrons. The highest BCUT2D eigenvalue weighted by Gasteiger charge is 2.36. The Hall–Kier alpha value is -2.53. The molecule has 0 fully saturated rings. The standard InChI is InChI=1S/C19H16F3N3OS/c1-11-7-15(19(20,21)22)14(9-23)18(24-11)27-10-17(26)25-12(2)8-13-5-3-4-6-16(13)25/h3-7,12H,8,10H2,1-2H3. The third-order valence-corrected chi connectivity index (χ3v) is 5.30. The van der Waals surface area contributed by atoms with Gasteiger partial charge in [-0.05, 0) is 38.0 Å². The molecule has 1 unspecified atom stereocenters. The van der Waals surface area contributed by atoms with Crippen LogP contribution in [-0.4, -0.2) is 22.7 Å². The first-order valence-corrected chi connectivity index (χ1v) is 9.22.